The Morgan fingerprint density at radius 1 is 1.41 bits per heavy atom. The molecule has 0 aliphatic rings. The summed E-state index contributed by atoms with van der Waals surface area (Å²) in [6, 6.07) is 7.13. The second-order valence-electron chi connectivity index (χ2n) is 4.02. The molecular weight excluding hydrogens is 216 g/mol. The number of carbonyl (C=O) groups is 1. The van der Waals surface area contributed by atoms with Crippen LogP contribution in [-0.2, 0) is 11.3 Å². The number of rotatable bonds is 6. The topological polar surface area (TPSA) is 66.6 Å². The molecule has 17 heavy (non-hydrogen) atoms. The number of carboxylic acid groups (broad SMARTS) is 1. The molecule has 0 saturated heterocycles. The minimum atomic E-state index is -0.774. The fourth-order valence-corrected chi connectivity index (χ4v) is 1.93. The molecule has 0 aliphatic heterocycles. The molecule has 1 atom stereocenters. The molecule has 0 heterocycles. The Morgan fingerprint density at radius 3 is 2.53 bits per heavy atom. The van der Waals surface area contributed by atoms with Crippen molar-refractivity contribution < 1.29 is 9.90 Å². The van der Waals surface area contributed by atoms with E-state index >= 15 is 0 Å². The summed E-state index contributed by atoms with van der Waals surface area (Å²) >= 11 is 0. The molecule has 3 N–H and O–H groups in total. The van der Waals surface area contributed by atoms with Crippen LogP contribution in [0.5, 0.6) is 0 Å². The summed E-state index contributed by atoms with van der Waals surface area (Å²) in [5.74, 6) is -0.774. The zero-order valence-electron chi connectivity index (χ0n) is 10.4. The number of benzene rings is 1. The van der Waals surface area contributed by atoms with Crippen LogP contribution in [0.1, 0.15) is 25.8 Å². The number of nitrogens with two attached hydrogens (primary N) is 1. The van der Waals surface area contributed by atoms with E-state index in [2.05, 4.69) is 0 Å². The van der Waals surface area contributed by atoms with Crippen LogP contribution in [0, 0.1) is 0 Å². The van der Waals surface area contributed by atoms with Crippen LogP contribution < -0.4 is 5.73 Å². The maximum atomic E-state index is 11.1. The van der Waals surface area contributed by atoms with Gasteiger partial charge in [0.1, 0.15) is 6.04 Å². The number of nitrogen functional groups attached to an aromatic ring is 1. The molecule has 94 valence electrons. The SMILES string of the molecule is CCC(C(=O)O)N(CC)Cc1ccccc1N. The summed E-state index contributed by atoms with van der Waals surface area (Å²) in [7, 11) is 0. The van der Waals surface area contributed by atoms with Crippen LogP contribution in [0.4, 0.5) is 5.69 Å². The van der Waals surface area contributed by atoms with E-state index in [1.54, 1.807) is 0 Å². The average molecular weight is 236 g/mol. The molecule has 1 unspecified atom stereocenters. The number of aliphatic carboxylic acids is 1. The van der Waals surface area contributed by atoms with Gasteiger partial charge in [-0.2, -0.15) is 0 Å². The second-order valence-corrected chi connectivity index (χ2v) is 4.02. The first-order valence-electron chi connectivity index (χ1n) is 5.90. The monoisotopic (exact) mass is 236 g/mol. The highest BCUT2D eigenvalue weighted by Crippen LogP contribution is 2.16. The lowest BCUT2D eigenvalue weighted by Crippen LogP contribution is -2.40. The third-order valence-corrected chi connectivity index (χ3v) is 2.95. The van der Waals surface area contributed by atoms with Gasteiger partial charge in [-0.3, -0.25) is 9.69 Å². The first kappa shape index (κ1) is 13.5. The number of hydrogen-bond acceptors (Lipinski definition) is 3. The van der Waals surface area contributed by atoms with Gasteiger partial charge in [-0.25, -0.2) is 0 Å². The van der Waals surface area contributed by atoms with Gasteiger partial charge >= 0.3 is 5.97 Å². The van der Waals surface area contributed by atoms with Gasteiger partial charge in [0.05, 0.1) is 0 Å². The van der Waals surface area contributed by atoms with Crippen molar-refractivity contribution in [2.45, 2.75) is 32.9 Å². The lowest BCUT2D eigenvalue weighted by atomic mass is 10.1. The van der Waals surface area contributed by atoms with E-state index in [0.717, 1.165) is 5.56 Å². The summed E-state index contributed by atoms with van der Waals surface area (Å²) in [4.78, 5) is 13.1. The van der Waals surface area contributed by atoms with E-state index in [1.165, 1.54) is 0 Å². The number of nitrogens with zero attached hydrogens (tertiary/aromatic N) is 1. The summed E-state index contributed by atoms with van der Waals surface area (Å²) < 4.78 is 0. The predicted octanol–water partition coefficient (Wildman–Crippen LogP) is 1.95. The van der Waals surface area contributed by atoms with Crippen molar-refractivity contribution in [1.82, 2.24) is 4.90 Å². The highest BCUT2D eigenvalue weighted by atomic mass is 16.4. The molecule has 0 aromatic heterocycles. The van der Waals surface area contributed by atoms with Crippen LogP contribution in [0.3, 0.4) is 0 Å². The normalized spacial score (nSPS) is 12.6. The molecule has 1 rings (SSSR count). The van der Waals surface area contributed by atoms with Crippen molar-refractivity contribution in [3.05, 3.63) is 29.8 Å². The van der Waals surface area contributed by atoms with Gasteiger partial charge in [0.2, 0.25) is 0 Å². The van der Waals surface area contributed by atoms with Gasteiger partial charge in [0.15, 0.2) is 0 Å². The van der Waals surface area contributed by atoms with Crippen LogP contribution in [0.25, 0.3) is 0 Å². The van der Waals surface area contributed by atoms with E-state index < -0.39 is 12.0 Å². The van der Waals surface area contributed by atoms with Gasteiger partial charge in [-0.1, -0.05) is 32.0 Å². The maximum Gasteiger partial charge on any atom is 0.320 e. The molecule has 1 aromatic carbocycles. The van der Waals surface area contributed by atoms with Crippen LogP contribution in [0.15, 0.2) is 24.3 Å². The Balaban J connectivity index is 2.83. The molecule has 0 spiro atoms. The first-order valence-corrected chi connectivity index (χ1v) is 5.90. The molecule has 0 amide bonds. The zero-order valence-corrected chi connectivity index (χ0v) is 10.4. The minimum Gasteiger partial charge on any atom is -0.480 e. The minimum absolute atomic E-state index is 0.445. The Hall–Kier alpha value is -1.55. The van der Waals surface area contributed by atoms with Crippen molar-refractivity contribution in [3.63, 3.8) is 0 Å². The molecule has 0 radical (unpaired) electrons. The zero-order chi connectivity index (χ0) is 12.8. The first-order chi connectivity index (χ1) is 8.10. The lowest BCUT2D eigenvalue weighted by Gasteiger charge is -2.27. The highest BCUT2D eigenvalue weighted by molar-refractivity contribution is 5.73. The summed E-state index contributed by atoms with van der Waals surface area (Å²) in [6.45, 7) is 5.12. The summed E-state index contributed by atoms with van der Waals surface area (Å²) in [6.07, 6.45) is 0.593. The van der Waals surface area contributed by atoms with Crippen LogP contribution in [0.2, 0.25) is 0 Å². The van der Waals surface area contributed by atoms with Gasteiger partial charge < -0.3 is 10.8 Å². The van der Waals surface area contributed by atoms with Crippen molar-refractivity contribution in [2.75, 3.05) is 12.3 Å². The number of hydrogen-bond donors (Lipinski definition) is 2. The molecule has 4 nitrogen and oxygen atoms in total. The Morgan fingerprint density at radius 2 is 2.06 bits per heavy atom. The fraction of sp³-hybridized carbons (Fsp3) is 0.462. The standard InChI is InChI=1S/C13H20N2O2/c1-3-12(13(16)17)15(4-2)9-10-7-5-6-8-11(10)14/h5-8,12H,3-4,9,14H2,1-2H3,(H,16,17). The van der Waals surface area contributed by atoms with Crippen LogP contribution in [-0.4, -0.2) is 28.6 Å². The molecule has 4 heteroatoms. The molecule has 1 aromatic rings. The quantitative estimate of drug-likeness (QED) is 0.741. The smallest absolute Gasteiger partial charge is 0.320 e. The fourth-order valence-electron chi connectivity index (χ4n) is 1.93. The number of carboxylic acids is 1. The highest BCUT2D eigenvalue weighted by Gasteiger charge is 2.22. The third kappa shape index (κ3) is 3.46. The predicted molar refractivity (Wildman–Crippen MR) is 68.7 cm³/mol. The summed E-state index contributed by atoms with van der Waals surface area (Å²) in [5, 5.41) is 9.15. The van der Waals surface area contributed by atoms with Crippen molar-refractivity contribution in [1.29, 1.82) is 0 Å². The molecule has 0 fully saturated rings. The molecular formula is C13H20N2O2. The van der Waals surface area contributed by atoms with E-state index in [4.69, 9.17) is 10.8 Å². The molecule has 0 bridgehead atoms. The molecule has 0 saturated carbocycles. The third-order valence-electron chi connectivity index (χ3n) is 2.95. The van der Waals surface area contributed by atoms with E-state index in [-0.39, 0.29) is 0 Å². The van der Waals surface area contributed by atoms with E-state index in [1.807, 2.05) is 43.0 Å². The number of likely N-dealkylation sites (N-methyl/N-ethyl adjacent to an activating group) is 1. The molecule has 0 aliphatic carbocycles. The largest absolute Gasteiger partial charge is 0.480 e. The van der Waals surface area contributed by atoms with Crippen molar-refractivity contribution >= 4 is 11.7 Å². The average Bonchev–Trinajstić information content (AvgIpc) is 2.30. The van der Waals surface area contributed by atoms with Crippen LogP contribution >= 0.6 is 0 Å². The van der Waals surface area contributed by atoms with Crippen molar-refractivity contribution in [2.24, 2.45) is 0 Å². The van der Waals surface area contributed by atoms with Crippen molar-refractivity contribution in [3.8, 4) is 0 Å². The van der Waals surface area contributed by atoms with Gasteiger partial charge in [-0.05, 0) is 24.6 Å². The van der Waals surface area contributed by atoms with Gasteiger partial charge in [0, 0.05) is 12.2 Å². The second kappa shape index (κ2) is 6.25. The van der Waals surface area contributed by atoms with E-state index in [9.17, 15) is 4.79 Å². The number of anilines is 1. The maximum absolute atomic E-state index is 11.1. The van der Waals surface area contributed by atoms with Gasteiger partial charge in [0.25, 0.3) is 0 Å². The lowest BCUT2D eigenvalue weighted by molar-refractivity contribution is -0.143. The van der Waals surface area contributed by atoms with Gasteiger partial charge in [-0.15, -0.1) is 0 Å². The van der Waals surface area contributed by atoms with E-state index in [0.29, 0.717) is 25.2 Å². The Bertz CT molecular complexity index is 379. The number of para-hydroxylation sites is 1. The Kier molecular flexibility index (Phi) is 4.97. The summed E-state index contributed by atoms with van der Waals surface area (Å²) in [5.41, 5.74) is 7.56. The Labute approximate surface area is 102 Å².